The molecule has 0 fully saturated rings. The third-order valence-corrected chi connectivity index (χ3v) is 15.4. The normalized spacial score (nSPS) is 14.4. The van der Waals surface area contributed by atoms with Gasteiger partial charge in [-0.2, -0.15) is 0 Å². The molecular weight excluding hydrogens is 1040 g/mol. The first-order valence-corrected chi connectivity index (χ1v) is 34.1. The van der Waals surface area contributed by atoms with E-state index in [1.54, 1.807) is 0 Å². The summed E-state index contributed by atoms with van der Waals surface area (Å²) in [4.78, 5) is 71.7. The lowest BCUT2D eigenvalue weighted by Crippen LogP contribution is -2.30. The molecule has 78 heavy (non-hydrogen) atoms. The van der Waals surface area contributed by atoms with E-state index in [-0.39, 0.29) is 25.7 Å². The molecular formula is C59H114O17P2. The van der Waals surface area contributed by atoms with Gasteiger partial charge < -0.3 is 33.8 Å². The van der Waals surface area contributed by atoms with Gasteiger partial charge in [-0.05, 0) is 31.6 Å². The highest BCUT2D eigenvalue weighted by molar-refractivity contribution is 7.47. The molecule has 0 bridgehead atoms. The summed E-state index contributed by atoms with van der Waals surface area (Å²) < 4.78 is 67.6. The predicted molar refractivity (Wildman–Crippen MR) is 308 cm³/mol. The number of esters is 4. The van der Waals surface area contributed by atoms with Gasteiger partial charge in [-0.1, -0.05) is 240 Å². The number of ether oxygens (including phenoxy) is 4. The summed E-state index contributed by atoms with van der Waals surface area (Å²) in [6.07, 6.45) is 35.2. The number of carbonyl (C=O) groups is 4. The SMILES string of the molecule is CCCCCCCCCCCCCCCC(=O)O[C@H](COC(=O)CCCCCCCCCC(C)C)COP(=O)(O)OC[C@@H](O)COP(=O)(O)OC[C@@H](COC(=O)CCCCCCC)OC(=O)CCCCCCCCCCCC. The smallest absolute Gasteiger partial charge is 0.462 e. The van der Waals surface area contributed by atoms with E-state index in [0.29, 0.717) is 31.6 Å². The Labute approximate surface area is 473 Å². The number of unbranched alkanes of at least 4 members (excludes halogenated alkanes) is 31. The van der Waals surface area contributed by atoms with Gasteiger partial charge >= 0.3 is 39.5 Å². The molecule has 462 valence electrons. The van der Waals surface area contributed by atoms with E-state index >= 15 is 0 Å². The lowest BCUT2D eigenvalue weighted by molar-refractivity contribution is -0.161. The van der Waals surface area contributed by atoms with Crippen molar-refractivity contribution in [2.45, 2.75) is 310 Å². The van der Waals surface area contributed by atoms with Crippen LogP contribution in [0.25, 0.3) is 0 Å². The van der Waals surface area contributed by atoms with Crippen molar-refractivity contribution in [3.8, 4) is 0 Å². The molecule has 0 rings (SSSR count). The number of carbonyl (C=O) groups excluding carboxylic acids is 4. The van der Waals surface area contributed by atoms with Gasteiger partial charge in [0.2, 0.25) is 0 Å². The van der Waals surface area contributed by atoms with Crippen LogP contribution in [-0.2, 0) is 65.4 Å². The van der Waals surface area contributed by atoms with Crippen molar-refractivity contribution in [1.82, 2.24) is 0 Å². The number of rotatable bonds is 59. The van der Waals surface area contributed by atoms with Crippen LogP contribution in [0.5, 0.6) is 0 Å². The van der Waals surface area contributed by atoms with E-state index in [4.69, 9.17) is 37.0 Å². The molecule has 0 aromatic rings. The van der Waals surface area contributed by atoms with Crippen molar-refractivity contribution in [2.24, 2.45) is 5.92 Å². The van der Waals surface area contributed by atoms with Gasteiger partial charge in [0.1, 0.15) is 19.3 Å². The van der Waals surface area contributed by atoms with Crippen molar-refractivity contribution in [2.75, 3.05) is 39.6 Å². The summed E-state index contributed by atoms with van der Waals surface area (Å²) in [5, 5.41) is 10.5. The van der Waals surface area contributed by atoms with E-state index in [2.05, 4.69) is 34.6 Å². The number of phosphoric ester groups is 2. The second-order valence-electron chi connectivity index (χ2n) is 21.9. The molecule has 0 aromatic heterocycles. The average Bonchev–Trinajstić information content (AvgIpc) is 3.40. The number of hydrogen-bond donors (Lipinski definition) is 3. The highest BCUT2D eigenvalue weighted by Crippen LogP contribution is 2.45. The third-order valence-electron chi connectivity index (χ3n) is 13.5. The quantitative estimate of drug-likeness (QED) is 0.0222. The topological polar surface area (TPSA) is 237 Å². The molecule has 19 heteroatoms. The molecule has 0 spiro atoms. The Bertz CT molecular complexity index is 1530. The summed E-state index contributed by atoms with van der Waals surface area (Å²) >= 11 is 0. The number of hydrogen-bond acceptors (Lipinski definition) is 15. The van der Waals surface area contributed by atoms with Crippen molar-refractivity contribution >= 4 is 39.5 Å². The highest BCUT2D eigenvalue weighted by Gasteiger charge is 2.30. The molecule has 0 aliphatic rings. The fourth-order valence-electron chi connectivity index (χ4n) is 8.70. The van der Waals surface area contributed by atoms with E-state index in [1.807, 2.05) is 0 Å². The summed E-state index contributed by atoms with van der Waals surface area (Å²) in [5.41, 5.74) is 0. The molecule has 0 aliphatic carbocycles. The fourth-order valence-corrected chi connectivity index (χ4v) is 10.3. The Morgan fingerprint density at radius 3 is 0.872 bits per heavy atom. The van der Waals surface area contributed by atoms with Gasteiger partial charge in [-0.15, -0.1) is 0 Å². The monoisotopic (exact) mass is 1160 g/mol. The van der Waals surface area contributed by atoms with Crippen LogP contribution < -0.4 is 0 Å². The molecule has 0 radical (unpaired) electrons. The predicted octanol–water partition coefficient (Wildman–Crippen LogP) is 15.8. The van der Waals surface area contributed by atoms with E-state index in [0.717, 1.165) is 103 Å². The molecule has 3 N–H and O–H groups in total. The van der Waals surface area contributed by atoms with Crippen LogP contribution >= 0.6 is 15.6 Å². The Kier molecular flexibility index (Phi) is 51.8. The maximum absolute atomic E-state index is 12.9. The van der Waals surface area contributed by atoms with Gasteiger partial charge in [-0.3, -0.25) is 37.3 Å². The molecule has 0 aromatic carbocycles. The van der Waals surface area contributed by atoms with Gasteiger partial charge in [0.05, 0.1) is 26.4 Å². The molecule has 0 amide bonds. The van der Waals surface area contributed by atoms with Crippen LogP contribution in [0.4, 0.5) is 0 Å². The second kappa shape index (κ2) is 53.1. The fraction of sp³-hybridized carbons (Fsp3) is 0.932. The van der Waals surface area contributed by atoms with Crippen LogP contribution in [0, 0.1) is 5.92 Å². The molecule has 0 aliphatic heterocycles. The zero-order valence-corrected chi connectivity index (χ0v) is 51.6. The number of phosphoric acid groups is 2. The van der Waals surface area contributed by atoms with Crippen LogP contribution in [-0.4, -0.2) is 96.7 Å². The van der Waals surface area contributed by atoms with Gasteiger partial charge in [0.15, 0.2) is 12.2 Å². The zero-order valence-electron chi connectivity index (χ0n) is 49.8. The van der Waals surface area contributed by atoms with Crippen LogP contribution in [0.15, 0.2) is 0 Å². The number of aliphatic hydroxyl groups excluding tert-OH is 1. The molecule has 17 nitrogen and oxygen atoms in total. The summed E-state index contributed by atoms with van der Waals surface area (Å²) in [5.74, 6) is -1.45. The van der Waals surface area contributed by atoms with Gasteiger partial charge in [-0.25, -0.2) is 9.13 Å². The standard InChI is InChI=1S/C59H114O17P2/c1-6-9-12-15-17-19-21-22-23-25-29-35-40-45-59(64)76-55(49-70-57(62)43-38-33-30-26-27-32-36-41-52(4)5)51-74-78(67,68)72-47-53(60)46-71-77(65,66)73-50-54(48-69-56(61)42-37-31-14-11-8-3)75-58(63)44-39-34-28-24-20-18-16-13-10-7-2/h52-55,60H,6-51H2,1-5H3,(H,65,66)(H,67,68)/t53-,54+,55+/m0/s1. The highest BCUT2D eigenvalue weighted by atomic mass is 31.2. The Hall–Kier alpha value is -1.94. The Morgan fingerprint density at radius 2 is 0.590 bits per heavy atom. The van der Waals surface area contributed by atoms with Crippen molar-refractivity contribution in [3.63, 3.8) is 0 Å². The maximum atomic E-state index is 12.9. The Morgan fingerprint density at radius 1 is 0.346 bits per heavy atom. The first-order valence-electron chi connectivity index (χ1n) is 31.1. The van der Waals surface area contributed by atoms with E-state index < -0.39 is 97.5 Å². The van der Waals surface area contributed by atoms with E-state index in [1.165, 1.54) is 103 Å². The minimum atomic E-state index is -4.94. The van der Waals surface area contributed by atoms with E-state index in [9.17, 15) is 43.2 Å². The van der Waals surface area contributed by atoms with Crippen molar-refractivity contribution < 1.29 is 80.2 Å². The van der Waals surface area contributed by atoms with Gasteiger partial charge in [0, 0.05) is 25.7 Å². The van der Waals surface area contributed by atoms with Crippen LogP contribution in [0.3, 0.4) is 0 Å². The van der Waals surface area contributed by atoms with Gasteiger partial charge in [0.25, 0.3) is 0 Å². The second-order valence-corrected chi connectivity index (χ2v) is 24.8. The van der Waals surface area contributed by atoms with Crippen LogP contribution in [0.2, 0.25) is 0 Å². The summed E-state index contributed by atoms with van der Waals surface area (Å²) in [6.45, 7) is 7.01. The van der Waals surface area contributed by atoms with Crippen molar-refractivity contribution in [3.05, 3.63) is 0 Å². The minimum Gasteiger partial charge on any atom is -0.462 e. The van der Waals surface area contributed by atoms with Crippen molar-refractivity contribution in [1.29, 1.82) is 0 Å². The van der Waals surface area contributed by atoms with Crippen LogP contribution in [0.1, 0.15) is 291 Å². The molecule has 0 heterocycles. The number of aliphatic hydroxyl groups is 1. The molecule has 2 unspecified atom stereocenters. The minimum absolute atomic E-state index is 0.105. The molecule has 0 saturated heterocycles. The lowest BCUT2D eigenvalue weighted by Gasteiger charge is -2.21. The first-order chi connectivity index (χ1) is 37.5. The largest absolute Gasteiger partial charge is 0.472 e. The summed E-state index contributed by atoms with van der Waals surface area (Å²) in [7, 11) is -9.87. The molecule has 5 atom stereocenters. The maximum Gasteiger partial charge on any atom is 0.472 e. The third kappa shape index (κ3) is 53.4. The average molecular weight is 1160 g/mol. The lowest BCUT2D eigenvalue weighted by atomic mass is 10.0. The summed E-state index contributed by atoms with van der Waals surface area (Å²) in [6, 6.07) is 0. The first kappa shape index (κ1) is 76.1. The zero-order chi connectivity index (χ0) is 57.8. The molecule has 0 saturated carbocycles. The Balaban J connectivity index is 5.18.